The molecule has 3 rings (SSSR count). The van der Waals surface area contributed by atoms with E-state index in [1.807, 2.05) is 24.3 Å². The Kier molecular flexibility index (Phi) is 3.55. The lowest BCUT2D eigenvalue weighted by atomic mass is 9.75. The van der Waals surface area contributed by atoms with Crippen molar-refractivity contribution in [2.45, 2.75) is 45.6 Å². The van der Waals surface area contributed by atoms with Gasteiger partial charge in [-0.15, -0.1) is 10.2 Å². The fourth-order valence-corrected chi connectivity index (χ4v) is 3.12. The molecule has 1 heterocycles. The van der Waals surface area contributed by atoms with E-state index in [4.69, 9.17) is 11.6 Å². The zero-order chi connectivity index (χ0) is 14.2. The van der Waals surface area contributed by atoms with E-state index in [0.717, 1.165) is 16.6 Å². The van der Waals surface area contributed by atoms with Crippen LogP contribution in [0.25, 0.3) is 10.8 Å². The lowest BCUT2D eigenvalue weighted by Crippen LogP contribution is -2.30. The highest BCUT2D eigenvalue weighted by Crippen LogP contribution is 2.36. The van der Waals surface area contributed by atoms with Gasteiger partial charge in [-0.25, -0.2) is 0 Å². The predicted molar refractivity (Wildman–Crippen MR) is 84.2 cm³/mol. The summed E-state index contributed by atoms with van der Waals surface area (Å²) in [6, 6.07) is 8.51. The molecule has 1 aliphatic rings. The van der Waals surface area contributed by atoms with Gasteiger partial charge in [0.05, 0.1) is 0 Å². The first kappa shape index (κ1) is 13.6. The lowest BCUT2D eigenvalue weighted by molar-refractivity contribution is 0.232. The highest BCUT2D eigenvalue weighted by molar-refractivity contribution is 6.34. The second kappa shape index (κ2) is 5.21. The maximum atomic E-state index is 6.11. The average molecular weight is 290 g/mol. The summed E-state index contributed by atoms with van der Waals surface area (Å²) < 4.78 is 0. The Hall–Kier alpha value is -1.35. The molecular weight excluding hydrogens is 270 g/mol. The Morgan fingerprint density at radius 3 is 2.45 bits per heavy atom. The SMILES string of the molecule is CC1(C)CCC(Nc2nnc(Cl)c3ccccc23)CC1. The molecule has 2 aromatic rings. The molecule has 0 spiro atoms. The van der Waals surface area contributed by atoms with Gasteiger partial charge in [-0.05, 0) is 31.1 Å². The summed E-state index contributed by atoms with van der Waals surface area (Å²) in [5.74, 6) is 0.856. The Morgan fingerprint density at radius 1 is 1.10 bits per heavy atom. The van der Waals surface area contributed by atoms with Crippen LogP contribution in [0, 0.1) is 5.41 Å². The quantitative estimate of drug-likeness (QED) is 0.873. The second-order valence-corrected chi connectivity index (χ2v) is 6.83. The van der Waals surface area contributed by atoms with E-state index in [-0.39, 0.29) is 0 Å². The Morgan fingerprint density at radius 2 is 1.75 bits per heavy atom. The van der Waals surface area contributed by atoms with Crippen LogP contribution in [-0.2, 0) is 0 Å². The predicted octanol–water partition coefficient (Wildman–Crippen LogP) is 4.66. The fraction of sp³-hybridized carbons (Fsp3) is 0.500. The normalized spacial score (nSPS) is 19.1. The number of aromatic nitrogens is 2. The molecule has 0 aliphatic heterocycles. The van der Waals surface area contributed by atoms with Crippen molar-refractivity contribution in [2.75, 3.05) is 5.32 Å². The molecule has 0 unspecified atom stereocenters. The highest BCUT2D eigenvalue weighted by Gasteiger charge is 2.27. The van der Waals surface area contributed by atoms with Gasteiger partial charge in [0.2, 0.25) is 0 Å². The van der Waals surface area contributed by atoms with Gasteiger partial charge in [0.25, 0.3) is 0 Å². The van der Waals surface area contributed by atoms with Crippen molar-refractivity contribution in [3.8, 4) is 0 Å². The summed E-state index contributed by atoms with van der Waals surface area (Å²) in [7, 11) is 0. The Labute approximate surface area is 124 Å². The molecule has 0 bridgehead atoms. The van der Waals surface area contributed by atoms with Crippen LogP contribution in [0.15, 0.2) is 24.3 Å². The van der Waals surface area contributed by atoms with E-state index in [1.54, 1.807) is 0 Å². The molecule has 0 atom stereocenters. The van der Waals surface area contributed by atoms with Gasteiger partial charge in [-0.1, -0.05) is 49.7 Å². The van der Waals surface area contributed by atoms with Gasteiger partial charge in [-0.3, -0.25) is 0 Å². The van der Waals surface area contributed by atoms with Crippen LogP contribution in [0.1, 0.15) is 39.5 Å². The Balaban J connectivity index is 1.83. The van der Waals surface area contributed by atoms with Crippen LogP contribution in [0.5, 0.6) is 0 Å². The summed E-state index contributed by atoms with van der Waals surface area (Å²) in [5.41, 5.74) is 0.478. The lowest BCUT2D eigenvalue weighted by Gasteiger charge is -2.34. The van der Waals surface area contributed by atoms with Gasteiger partial charge >= 0.3 is 0 Å². The molecular formula is C16H20ClN3. The van der Waals surface area contributed by atoms with Crippen LogP contribution in [0.2, 0.25) is 5.15 Å². The number of fused-ring (bicyclic) bond motifs is 1. The van der Waals surface area contributed by atoms with E-state index in [9.17, 15) is 0 Å². The minimum absolute atomic E-state index is 0.468. The van der Waals surface area contributed by atoms with Crippen molar-refractivity contribution in [3.05, 3.63) is 29.4 Å². The van der Waals surface area contributed by atoms with Crippen LogP contribution < -0.4 is 5.32 Å². The fourth-order valence-electron chi connectivity index (χ4n) is 2.91. The van der Waals surface area contributed by atoms with Crippen LogP contribution in [0.4, 0.5) is 5.82 Å². The zero-order valence-electron chi connectivity index (χ0n) is 12.0. The van der Waals surface area contributed by atoms with Crippen molar-refractivity contribution in [1.29, 1.82) is 0 Å². The summed E-state index contributed by atoms with van der Waals surface area (Å²) in [6.45, 7) is 4.70. The number of nitrogens with zero attached hydrogens (tertiary/aromatic N) is 2. The third-order valence-electron chi connectivity index (χ3n) is 4.32. The molecule has 20 heavy (non-hydrogen) atoms. The van der Waals surface area contributed by atoms with Crippen LogP contribution in [0.3, 0.4) is 0 Å². The number of rotatable bonds is 2. The number of anilines is 1. The minimum atomic E-state index is 0.468. The number of hydrogen-bond acceptors (Lipinski definition) is 3. The van der Waals surface area contributed by atoms with Gasteiger partial charge in [0.1, 0.15) is 0 Å². The van der Waals surface area contributed by atoms with E-state index in [0.29, 0.717) is 16.6 Å². The monoisotopic (exact) mass is 289 g/mol. The zero-order valence-corrected chi connectivity index (χ0v) is 12.7. The maximum Gasteiger partial charge on any atom is 0.159 e. The summed E-state index contributed by atoms with van der Waals surface area (Å²) in [5, 5.41) is 14.3. The largest absolute Gasteiger partial charge is 0.365 e. The van der Waals surface area contributed by atoms with Crippen LogP contribution in [-0.4, -0.2) is 16.2 Å². The van der Waals surface area contributed by atoms with E-state index in [1.165, 1.54) is 25.7 Å². The summed E-state index contributed by atoms with van der Waals surface area (Å²) in [6.07, 6.45) is 4.88. The van der Waals surface area contributed by atoms with Gasteiger partial charge in [0, 0.05) is 16.8 Å². The van der Waals surface area contributed by atoms with Crippen molar-refractivity contribution in [3.63, 3.8) is 0 Å². The molecule has 3 nitrogen and oxygen atoms in total. The van der Waals surface area contributed by atoms with Crippen molar-refractivity contribution in [2.24, 2.45) is 5.41 Å². The maximum absolute atomic E-state index is 6.11. The molecule has 0 radical (unpaired) electrons. The van der Waals surface area contributed by atoms with Crippen LogP contribution >= 0.6 is 11.6 Å². The van der Waals surface area contributed by atoms with Crippen molar-refractivity contribution in [1.82, 2.24) is 10.2 Å². The van der Waals surface area contributed by atoms with Crippen molar-refractivity contribution < 1.29 is 0 Å². The number of benzene rings is 1. The smallest absolute Gasteiger partial charge is 0.159 e. The molecule has 4 heteroatoms. The molecule has 106 valence electrons. The molecule has 0 amide bonds. The first-order chi connectivity index (χ1) is 9.55. The number of hydrogen-bond donors (Lipinski definition) is 1. The number of nitrogens with one attached hydrogen (secondary N) is 1. The molecule has 1 saturated carbocycles. The third kappa shape index (κ3) is 2.73. The highest BCUT2D eigenvalue weighted by atomic mass is 35.5. The molecule has 0 saturated heterocycles. The standard InChI is InChI=1S/C16H20ClN3/c1-16(2)9-7-11(8-10-16)18-15-13-6-4-3-5-12(13)14(17)19-20-15/h3-6,11H,7-10H2,1-2H3,(H,18,20). The topological polar surface area (TPSA) is 37.8 Å². The van der Waals surface area contributed by atoms with E-state index >= 15 is 0 Å². The van der Waals surface area contributed by atoms with Crippen molar-refractivity contribution >= 4 is 28.2 Å². The van der Waals surface area contributed by atoms with Gasteiger partial charge in [-0.2, -0.15) is 0 Å². The molecule has 1 aromatic heterocycles. The number of halogens is 1. The molecule has 1 fully saturated rings. The third-order valence-corrected chi connectivity index (χ3v) is 4.60. The minimum Gasteiger partial charge on any atom is -0.365 e. The van der Waals surface area contributed by atoms with Gasteiger partial charge in [0.15, 0.2) is 11.0 Å². The van der Waals surface area contributed by atoms with E-state index < -0.39 is 0 Å². The summed E-state index contributed by atoms with van der Waals surface area (Å²) >= 11 is 6.11. The average Bonchev–Trinajstić information content (AvgIpc) is 2.44. The molecule has 1 aromatic carbocycles. The first-order valence-corrected chi connectivity index (χ1v) is 7.60. The second-order valence-electron chi connectivity index (χ2n) is 6.47. The summed E-state index contributed by atoms with van der Waals surface area (Å²) in [4.78, 5) is 0. The molecule has 1 aliphatic carbocycles. The first-order valence-electron chi connectivity index (χ1n) is 7.23. The van der Waals surface area contributed by atoms with E-state index in [2.05, 4.69) is 29.4 Å². The molecule has 1 N–H and O–H groups in total. The Bertz CT molecular complexity index is 614. The van der Waals surface area contributed by atoms with Gasteiger partial charge < -0.3 is 5.32 Å².